The van der Waals surface area contributed by atoms with Gasteiger partial charge in [0, 0.05) is 0 Å². The highest BCUT2D eigenvalue weighted by Crippen LogP contribution is 2.15. The van der Waals surface area contributed by atoms with Crippen molar-refractivity contribution < 1.29 is 23.4 Å². The predicted molar refractivity (Wildman–Crippen MR) is 73.3 cm³/mol. The minimum absolute atomic E-state index is 0.0264. The Hall–Kier alpha value is -2.34. The number of aliphatic hydroxyl groups excluding tert-OH is 1. The van der Waals surface area contributed by atoms with E-state index in [0.717, 1.165) is 0 Å². The van der Waals surface area contributed by atoms with Crippen molar-refractivity contribution in [1.82, 2.24) is 5.32 Å². The van der Waals surface area contributed by atoms with Crippen molar-refractivity contribution in [2.75, 3.05) is 13.2 Å². The van der Waals surface area contributed by atoms with Crippen molar-refractivity contribution in [1.29, 1.82) is 0 Å². The number of aliphatic hydroxyl groups is 1. The van der Waals surface area contributed by atoms with Crippen molar-refractivity contribution in [2.24, 2.45) is 0 Å². The standard InChI is InChI=1S/C15H16FNO4/c1-10-2-7-14(21-10)13(18)8-17-15(19)9-20-12-5-3-11(16)4-6-12/h2-7,13,18H,8-9H2,1H3,(H,17,19)/t13-/m0/s1. The van der Waals surface area contributed by atoms with Crippen LogP contribution in [0.3, 0.4) is 0 Å². The molecule has 112 valence electrons. The van der Waals surface area contributed by atoms with Gasteiger partial charge < -0.3 is 19.6 Å². The van der Waals surface area contributed by atoms with Crippen LogP contribution in [-0.2, 0) is 4.79 Å². The van der Waals surface area contributed by atoms with E-state index in [4.69, 9.17) is 9.15 Å². The maximum Gasteiger partial charge on any atom is 0.258 e. The Morgan fingerprint density at radius 3 is 2.67 bits per heavy atom. The van der Waals surface area contributed by atoms with Gasteiger partial charge in [-0.1, -0.05) is 0 Å². The van der Waals surface area contributed by atoms with Crippen LogP contribution in [0.1, 0.15) is 17.6 Å². The van der Waals surface area contributed by atoms with Crippen molar-refractivity contribution in [2.45, 2.75) is 13.0 Å². The van der Waals surface area contributed by atoms with Gasteiger partial charge in [0.2, 0.25) is 0 Å². The quantitative estimate of drug-likeness (QED) is 0.854. The molecular weight excluding hydrogens is 277 g/mol. The first-order valence-electron chi connectivity index (χ1n) is 6.44. The third-order valence-electron chi connectivity index (χ3n) is 2.77. The van der Waals surface area contributed by atoms with Crippen molar-refractivity contribution in [3.05, 3.63) is 53.7 Å². The molecule has 0 saturated carbocycles. The van der Waals surface area contributed by atoms with Crippen molar-refractivity contribution in [3.63, 3.8) is 0 Å². The van der Waals surface area contributed by atoms with E-state index < -0.39 is 6.10 Å². The Morgan fingerprint density at radius 1 is 1.33 bits per heavy atom. The lowest BCUT2D eigenvalue weighted by Crippen LogP contribution is -2.32. The fourth-order valence-corrected chi connectivity index (χ4v) is 1.67. The van der Waals surface area contributed by atoms with Crippen LogP contribution < -0.4 is 10.1 Å². The highest BCUT2D eigenvalue weighted by Gasteiger charge is 2.13. The Kier molecular flexibility index (Phi) is 4.94. The molecule has 21 heavy (non-hydrogen) atoms. The van der Waals surface area contributed by atoms with Gasteiger partial charge >= 0.3 is 0 Å². The molecule has 2 N–H and O–H groups in total. The minimum atomic E-state index is -0.909. The number of rotatable bonds is 6. The summed E-state index contributed by atoms with van der Waals surface area (Å²) in [5.74, 6) is 0.723. The lowest BCUT2D eigenvalue weighted by atomic mass is 10.3. The van der Waals surface area contributed by atoms with Crippen LogP contribution in [0.2, 0.25) is 0 Å². The van der Waals surface area contributed by atoms with Crippen molar-refractivity contribution in [3.8, 4) is 5.75 Å². The molecule has 2 aromatic rings. The number of nitrogens with one attached hydrogen (secondary N) is 1. The average Bonchev–Trinajstić information content (AvgIpc) is 2.91. The summed E-state index contributed by atoms with van der Waals surface area (Å²) < 4.78 is 23.1. The summed E-state index contributed by atoms with van der Waals surface area (Å²) in [7, 11) is 0. The fourth-order valence-electron chi connectivity index (χ4n) is 1.67. The number of ether oxygens (including phenoxy) is 1. The second-order valence-corrected chi connectivity index (χ2v) is 4.51. The Balaban J connectivity index is 1.73. The molecule has 1 atom stereocenters. The van der Waals surface area contributed by atoms with Crippen LogP contribution in [0.25, 0.3) is 0 Å². The summed E-state index contributed by atoms with van der Waals surface area (Å²) in [6.45, 7) is 1.58. The highest BCUT2D eigenvalue weighted by molar-refractivity contribution is 5.77. The van der Waals surface area contributed by atoms with Gasteiger partial charge in [0.25, 0.3) is 5.91 Å². The molecule has 0 aliphatic rings. The van der Waals surface area contributed by atoms with Gasteiger partial charge in [-0.3, -0.25) is 4.79 Å². The van der Waals surface area contributed by atoms with Crippen LogP contribution in [0.4, 0.5) is 4.39 Å². The number of carbonyl (C=O) groups is 1. The normalized spacial score (nSPS) is 12.0. The molecule has 1 aromatic carbocycles. The number of furan rings is 1. The predicted octanol–water partition coefficient (Wildman–Crippen LogP) is 1.96. The van der Waals surface area contributed by atoms with Crippen LogP contribution in [-0.4, -0.2) is 24.2 Å². The van der Waals surface area contributed by atoms with E-state index in [9.17, 15) is 14.3 Å². The zero-order valence-electron chi connectivity index (χ0n) is 11.5. The van der Waals surface area contributed by atoms with Crippen LogP contribution >= 0.6 is 0 Å². The third-order valence-corrected chi connectivity index (χ3v) is 2.77. The molecule has 0 fully saturated rings. The number of hydrogen-bond donors (Lipinski definition) is 2. The second kappa shape index (κ2) is 6.90. The first kappa shape index (κ1) is 15.1. The molecule has 1 amide bonds. The monoisotopic (exact) mass is 293 g/mol. The van der Waals surface area contributed by atoms with Gasteiger partial charge in [-0.15, -0.1) is 0 Å². The maximum absolute atomic E-state index is 12.7. The van der Waals surface area contributed by atoms with Gasteiger partial charge in [0.1, 0.15) is 29.2 Å². The van der Waals surface area contributed by atoms with Gasteiger partial charge in [-0.25, -0.2) is 4.39 Å². The molecule has 0 bridgehead atoms. The molecule has 0 unspecified atom stereocenters. The van der Waals surface area contributed by atoms with Gasteiger partial charge in [0.05, 0.1) is 6.54 Å². The fraction of sp³-hybridized carbons (Fsp3) is 0.267. The lowest BCUT2D eigenvalue weighted by Gasteiger charge is -2.10. The Labute approximate surface area is 121 Å². The number of carbonyl (C=O) groups excluding carboxylic acids is 1. The first-order valence-corrected chi connectivity index (χ1v) is 6.44. The third kappa shape index (κ3) is 4.61. The van der Waals surface area contributed by atoms with Gasteiger partial charge in [-0.05, 0) is 43.3 Å². The number of aryl methyl sites for hydroxylation is 1. The summed E-state index contributed by atoms with van der Waals surface area (Å²) >= 11 is 0. The van der Waals surface area contributed by atoms with Crippen LogP contribution in [0, 0.1) is 12.7 Å². The molecule has 0 spiro atoms. The van der Waals surface area contributed by atoms with Gasteiger partial charge in [0.15, 0.2) is 6.61 Å². The second-order valence-electron chi connectivity index (χ2n) is 4.51. The summed E-state index contributed by atoms with van der Waals surface area (Å²) in [5, 5.41) is 12.3. The number of halogens is 1. The SMILES string of the molecule is Cc1ccc([C@@H](O)CNC(=O)COc2ccc(F)cc2)o1. The largest absolute Gasteiger partial charge is 0.484 e. The summed E-state index contributed by atoms with van der Waals surface area (Å²) in [5.41, 5.74) is 0. The average molecular weight is 293 g/mol. The Morgan fingerprint density at radius 2 is 2.05 bits per heavy atom. The first-order chi connectivity index (χ1) is 10.0. The van der Waals surface area contributed by atoms with E-state index in [-0.39, 0.29) is 24.9 Å². The summed E-state index contributed by atoms with van der Waals surface area (Å²) in [4.78, 5) is 11.6. The van der Waals surface area contributed by atoms with Crippen LogP contribution in [0.15, 0.2) is 40.8 Å². The topological polar surface area (TPSA) is 71.7 Å². The molecule has 0 saturated heterocycles. The van der Waals surface area contributed by atoms with E-state index in [1.807, 2.05) is 0 Å². The summed E-state index contributed by atoms with van der Waals surface area (Å²) in [6, 6.07) is 8.75. The van der Waals surface area contributed by atoms with E-state index >= 15 is 0 Å². The van der Waals surface area contributed by atoms with Crippen LogP contribution in [0.5, 0.6) is 5.75 Å². The summed E-state index contributed by atoms with van der Waals surface area (Å²) in [6.07, 6.45) is -0.909. The lowest BCUT2D eigenvalue weighted by molar-refractivity contribution is -0.123. The molecule has 6 heteroatoms. The number of amides is 1. The molecule has 0 aliphatic carbocycles. The Bertz CT molecular complexity index is 594. The molecule has 0 radical (unpaired) electrons. The van der Waals surface area contributed by atoms with Gasteiger partial charge in [-0.2, -0.15) is 0 Å². The smallest absolute Gasteiger partial charge is 0.258 e. The molecule has 0 aliphatic heterocycles. The molecule has 5 nitrogen and oxygen atoms in total. The van der Waals surface area contributed by atoms with E-state index in [0.29, 0.717) is 17.3 Å². The molecular formula is C15H16FNO4. The molecule has 1 aromatic heterocycles. The number of hydrogen-bond acceptors (Lipinski definition) is 4. The minimum Gasteiger partial charge on any atom is -0.484 e. The zero-order valence-corrected chi connectivity index (χ0v) is 11.5. The zero-order chi connectivity index (χ0) is 15.2. The van der Waals surface area contributed by atoms with E-state index in [1.54, 1.807) is 19.1 Å². The number of benzene rings is 1. The molecule has 2 rings (SSSR count). The van der Waals surface area contributed by atoms with E-state index in [2.05, 4.69) is 5.32 Å². The molecule has 1 heterocycles. The van der Waals surface area contributed by atoms with E-state index in [1.165, 1.54) is 24.3 Å². The highest BCUT2D eigenvalue weighted by atomic mass is 19.1. The van der Waals surface area contributed by atoms with Crippen molar-refractivity contribution >= 4 is 5.91 Å². The maximum atomic E-state index is 12.7.